The number of benzene rings is 1. The summed E-state index contributed by atoms with van der Waals surface area (Å²) in [5.74, 6) is 0.819. The predicted molar refractivity (Wildman–Crippen MR) is 66.9 cm³/mol. The van der Waals surface area contributed by atoms with Gasteiger partial charge in [0.2, 0.25) is 0 Å². The summed E-state index contributed by atoms with van der Waals surface area (Å²) in [4.78, 5) is 2.44. The molecule has 1 aliphatic rings. The molecule has 0 atom stereocenters. The summed E-state index contributed by atoms with van der Waals surface area (Å²) in [6.07, 6.45) is 2.45. The van der Waals surface area contributed by atoms with Crippen LogP contribution in [0.2, 0.25) is 0 Å². The molecule has 3 heteroatoms. The molecule has 0 amide bonds. The molecule has 0 aliphatic carbocycles. The lowest BCUT2D eigenvalue weighted by atomic mass is 10.1. The van der Waals surface area contributed by atoms with Crippen molar-refractivity contribution in [1.29, 1.82) is 5.26 Å². The maximum Gasteiger partial charge on any atom is 0.121 e. The summed E-state index contributed by atoms with van der Waals surface area (Å²) in [6, 6.07) is 9.54. The molecule has 0 aromatic heterocycles. The maximum atomic E-state index is 8.82. The molecule has 0 saturated carbocycles. The highest BCUT2D eigenvalue weighted by Gasteiger charge is 2.19. The zero-order valence-electron chi connectivity index (χ0n) is 10.2. The van der Waals surface area contributed by atoms with E-state index >= 15 is 0 Å². The number of ether oxygens (including phenoxy) is 1. The Balaban J connectivity index is 1.91. The van der Waals surface area contributed by atoms with Crippen LogP contribution < -0.4 is 4.74 Å². The molecule has 1 aliphatic heterocycles. The van der Waals surface area contributed by atoms with Gasteiger partial charge in [-0.3, -0.25) is 0 Å². The fourth-order valence-corrected chi connectivity index (χ4v) is 2.17. The Labute approximate surface area is 103 Å². The number of likely N-dealkylation sites (tertiary alicyclic amines) is 1. The van der Waals surface area contributed by atoms with Gasteiger partial charge >= 0.3 is 0 Å². The average Bonchev–Trinajstić information content (AvgIpc) is 2.40. The standard InChI is InChI=1S/C14H18N2O/c1-2-16-8-6-13(7-9-16)17-14-5-3-4-12(10-14)11-15/h3-5,10,13H,2,6-9H2,1H3. The average molecular weight is 230 g/mol. The van der Waals surface area contributed by atoms with Gasteiger partial charge in [-0.05, 0) is 37.6 Å². The van der Waals surface area contributed by atoms with Crippen LogP contribution in [0, 0.1) is 11.3 Å². The number of hydrogen-bond donors (Lipinski definition) is 0. The second-order valence-electron chi connectivity index (χ2n) is 4.39. The highest BCUT2D eigenvalue weighted by molar-refractivity contribution is 5.36. The van der Waals surface area contributed by atoms with Gasteiger partial charge in [-0.1, -0.05) is 13.0 Å². The highest BCUT2D eigenvalue weighted by Crippen LogP contribution is 2.19. The number of rotatable bonds is 3. The van der Waals surface area contributed by atoms with Crippen LogP contribution in [0.3, 0.4) is 0 Å². The van der Waals surface area contributed by atoms with E-state index in [-0.39, 0.29) is 0 Å². The van der Waals surface area contributed by atoms with Crippen LogP contribution in [0.25, 0.3) is 0 Å². The van der Waals surface area contributed by atoms with Gasteiger partial charge in [0.1, 0.15) is 11.9 Å². The van der Waals surface area contributed by atoms with Crippen molar-refractivity contribution in [3.8, 4) is 11.8 Å². The SMILES string of the molecule is CCN1CCC(Oc2cccc(C#N)c2)CC1. The van der Waals surface area contributed by atoms with Crippen LogP contribution in [0.15, 0.2) is 24.3 Å². The van der Waals surface area contributed by atoms with Gasteiger partial charge in [0.05, 0.1) is 11.6 Å². The monoisotopic (exact) mass is 230 g/mol. The molecule has 0 unspecified atom stereocenters. The second-order valence-corrected chi connectivity index (χ2v) is 4.39. The third kappa shape index (κ3) is 3.21. The number of nitriles is 1. The Hall–Kier alpha value is -1.53. The minimum Gasteiger partial charge on any atom is -0.490 e. The summed E-state index contributed by atoms with van der Waals surface area (Å²) < 4.78 is 5.91. The van der Waals surface area contributed by atoms with Crippen molar-refractivity contribution in [2.24, 2.45) is 0 Å². The first-order chi connectivity index (χ1) is 8.31. The minimum atomic E-state index is 0.298. The normalized spacial score (nSPS) is 17.6. The van der Waals surface area contributed by atoms with E-state index in [1.54, 1.807) is 6.07 Å². The van der Waals surface area contributed by atoms with Crippen molar-refractivity contribution in [2.45, 2.75) is 25.9 Å². The Morgan fingerprint density at radius 2 is 2.18 bits per heavy atom. The van der Waals surface area contributed by atoms with Crippen molar-refractivity contribution in [3.05, 3.63) is 29.8 Å². The lowest BCUT2D eigenvalue weighted by molar-refractivity contribution is 0.104. The lowest BCUT2D eigenvalue weighted by Gasteiger charge is -2.31. The van der Waals surface area contributed by atoms with Gasteiger partial charge in [0.25, 0.3) is 0 Å². The van der Waals surface area contributed by atoms with Crippen molar-refractivity contribution >= 4 is 0 Å². The molecule has 0 radical (unpaired) electrons. The topological polar surface area (TPSA) is 36.3 Å². The first kappa shape index (κ1) is 11.9. The van der Waals surface area contributed by atoms with Gasteiger partial charge in [-0.25, -0.2) is 0 Å². The minimum absolute atomic E-state index is 0.298. The fourth-order valence-electron chi connectivity index (χ4n) is 2.17. The molecular formula is C14H18N2O. The van der Waals surface area contributed by atoms with Gasteiger partial charge < -0.3 is 9.64 Å². The Kier molecular flexibility index (Phi) is 4.00. The van der Waals surface area contributed by atoms with Crippen LogP contribution in [-0.4, -0.2) is 30.6 Å². The summed E-state index contributed by atoms with van der Waals surface area (Å²) >= 11 is 0. The third-order valence-electron chi connectivity index (χ3n) is 3.25. The number of nitrogens with zero attached hydrogens (tertiary/aromatic N) is 2. The number of hydrogen-bond acceptors (Lipinski definition) is 3. The van der Waals surface area contributed by atoms with Crippen molar-refractivity contribution in [3.63, 3.8) is 0 Å². The lowest BCUT2D eigenvalue weighted by Crippen LogP contribution is -2.37. The quantitative estimate of drug-likeness (QED) is 0.800. The first-order valence-corrected chi connectivity index (χ1v) is 6.21. The largest absolute Gasteiger partial charge is 0.490 e. The van der Waals surface area contributed by atoms with Crippen molar-refractivity contribution in [1.82, 2.24) is 4.90 Å². The van der Waals surface area contributed by atoms with Crippen LogP contribution in [0.1, 0.15) is 25.3 Å². The summed E-state index contributed by atoms with van der Waals surface area (Å²) in [7, 11) is 0. The molecule has 2 rings (SSSR count). The highest BCUT2D eigenvalue weighted by atomic mass is 16.5. The maximum absolute atomic E-state index is 8.82. The Bertz CT molecular complexity index is 403. The molecule has 0 N–H and O–H groups in total. The summed E-state index contributed by atoms with van der Waals surface area (Å²) in [5, 5.41) is 8.82. The fraction of sp³-hybridized carbons (Fsp3) is 0.500. The van der Waals surface area contributed by atoms with Crippen LogP contribution >= 0.6 is 0 Å². The van der Waals surface area contributed by atoms with E-state index in [9.17, 15) is 0 Å². The van der Waals surface area contributed by atoms with E-state index in [1.807, 2.05) is 18.2 Å². The Morgan fingerprint density at radius 3 is 2.82 bits per heavy atom. The molecule has 1 fully saturated rings. The molecule has 1 saturated heterocycles. The zero-order chi connectivity index (χ0) is 12.1. The summed E-state index contributed by atoms with van der Waals surface area (Å²) in [6.45, 7) is 5.53. The zero-order valence-corrected chi connectivity index (χ0v) is 10.2. The van der Waals surface area contributed by atoms with Crippen LogP contribution in [0.5, 0.6) is 5.75 Å². The van der Waals surface area contributed by atoms with Gasteiger partial charge in [-0.2, -0.15) is 5.26 Å². The molecule has 3 nitrogen and oxygen atoms in total. The second kappa shape index (κ2) is 5.70. The first-order valence-electron chi connectivity index (χ1n) is 6.21. The van der Waals surface area contributed by atoms with E-state index in [4.69, 9.17) is 10.00 Å². The number of piperidine rings is 1. The molecule has 1 aromatic carbocycles. The van der Waals surface area contributed by atoms with Crippen LogP contribution in [-0.2, 0) is 0 Å². The molecule has 17 heavy (non-hydrogen) atoms. The van der Waals surface area contributed by atoms with Gasteiger partial charge in [0.15, 0.2) is 0 Å². The van der Waals surface area contributed by atoms with E-state index in [2.05, 4.69) is 17.9 Å². The molecule has 0 spiro atoms. The predicted octanol–water partition coefficient (Wildman–Crippen LogP) is 2.42. The van der Waals surface area contributed by atoms with Crippen molar-refractivity contribution < 1.29 is 4.74 Å². The van der Waals surface area contributed by atoms with Gasteiger partial charge in [-0.15, -0.1) is 0 Å². The molecule has 1 heterocycles. The summed E-state index contributed by atoms with van der Waals surface area (Å²) in [5.41, 5.74) is 0.661. The van der Waals surface area contributed by atoms with E-state index in [0.29, 0.717) is 11.7 Å². The molecule has 1 aromatic rings. The third-order valence-corrected chi connectivity index (χ3v) is 3.25. The molecule has 0 bridgehead atoms. The van der Waals surface area contributed by atoms with E-state index in [1.165, 1.54) is 0 Å². The Morgan fingerprint density at radius 1 is 1.41 bits per heavy atom. The van der Waals surface area contributed by atoms with Crippen molar-refractivity contribution in [2.75, 3.05) is 19.6 Å². The van der Waals surface area contributed by atoms with E-state index in [0.717, 1.165) is 38.2 Å². The van der Waals surface area contributed by atoms with E-state index < -0.39 is 0 Å². The van der Waals surface area contributed by atoms with Gasteiger partial charge in [0, 0.05) is 13.1 Å². The molecular weight excluding hydrogens is 212 g/mol. The van der Waals surface area contributed by atoms with Crippen LogP contribution in [0.4, 0.5) is 0 Å². The molecule has 90 valence electrons. The smallest absolute Gasteiger partial charge is 0.121 e.